The third-order valence-corrected chi connectivity index (χ3v) is 6.69. The van der Waals surface area contributed by atoms with Crippen LogP contribution in [0.2, 0.25) is 10.0 Å². The number of ether oxygens (including phenoxy) is 1. The number of anilines is 1. The number of hydrogen-bond acceptors (Lipinski definition) is 4. The average Bonchev–Trinajstić information content (AvgIpc) is 3.04. The number of hydrogen-bond donors (Lipinski definition) is 1. The molecule has 0 unspecified atom stereocenters. The number of rotatable bonds is 8. The van der Waals surface area contributed by atoms with E-state index in [-0.39, 0.29) is 18.1 Å². The SMILES string of the molecule is C#CCOc1ccc(C[C@H](N)CN2CC(C)(C)c3ncc(Cc4ccc(Cl)cc4Cl)cc32)cc1. The summed E-state index contributed by atoms with van der Waals surface area (Å²) >= 11 is 12.5. The molecule has 2 N–H and O–H groups in total. The molecular weight excluding hydrogens is 465 g/mol. The van der Waals surface area contributed by atoms with Crippen molar-refractivity contribution in [2.45, 2.75) is 38.1 Å². The van der Waals surface area contributed by atoms with Crippen LogP contribution in [0.25, 0.3) is 0 Å². The maximum atomic E-state index is 6.60. The molecular formula is C28H29Cl2N3O. The monoisotopic (exact) mass is 493 g/mol. The fourth-order valence-electron chi connectivity index (χ4n) is 4.54. The Labute approximate surface area is 212 Å². The van der Waals surface area contributed by atoms with Crippen LogP contribution in [0.4, 0.5) is 5.69 Å². The molecule has 1 aromatic heterocycles. The van der Waals surface area contributed by atoms with E-state index in [2.05, 4.69) is 30.7 Å². The third-order valence-electron chi connectivity index (χ3n) is 6.10. The first kappa shape index (κ1) is 24.4. The summed E-state index contributed by atoms with van der Waals surface area (Å²) in [5.74, 6) is 3.24. The molecule has 0 saturated heterocycles. The summed E-state index contributed by atoms with van der Waals surface area (Å²) in [4.78, 5) is 7.22. The lowest BCUT2D eigenvalue weighted by molar-refractivity contribution is 0.370. The number of halogens is 2. The topological polar surface area (TPSA) is 51.4 Å². The van der Waals surface area contributed by atoms with Gasteiger partial charge in [-0.3, -0.25) is 4.98 Å². The molecule has 0 bridgehead atoms. The van der Waals surface area contributed by atoms with Crippen LogP contribution < -0.4 is 15.4 Å². The van der Waals surface area contributed by atoms with Crippen LogP contribution >= 0.6 is 23.2 Å². The molecule has 2 heterocycles. The Morgan fingerprint density at radius 1 is 1.15 bits per heavy atom. The molecule has 0 aliphatic carbocycles. The smallest absolute Gasteiger partial charge is 0.148 e. The van der Waals surface area contributed by atoms with Gasteiger partial charge in [0.25, 0.3) is 0 Å². The zero-order chi connectivity index (χ0) is 24.3. The van der Waals surface area contributed by atoms with E-state index in [0.29, 0.717) is 16.5 Å². The van der Waals surface area contributed by atoms with Gasteiger partial charge < -0.3 is 15.4 Å². The van der Waals surface area contributed by atoms with Crippen molar-refractivity contribution in [1.82, 2.24) is 4.98 Å². The number of terminal acetylenes is 1. The minimum absolute atomic E-state index is 0.0198. The largest absolute Gasteiger partial charge is 0.481 e. The number of benzene rings is 2. The molecule has 176 valence electrons. The molecule has 0 spiro atoms. The number of fused-ring (bicyclic) bond motifs is 1. The molecule has 0 radical (unpaired) electrons. The van der Waals surface area contributed by atoms with Crippen LogP contribution in [0.5, 0.6) is 5.75 Å². The summed E-state index contributed by atoms with van der Waals surface area (Å²) in [5, 5.41) is 1.31. The van der Waals surface area contributed by atoms with Gasteiger partial charge in [0.15, 0.2) is 0 Å². The highest BCUT2D eigenvalue weighted by Gasteiger charge is 2.37. The summed E-state index contributed by atoms with van der Waals surface area (Å²) in [6, 6.07) is 15.8. The van der Waals surface area contributed by atoms with Crippen LogP contribution in [0.15, 0.2) is 54.7 Å². The van der Waals surface area contributed by atoms with E-state index in [9.17, 15) is 0 Å². The van der Waals surface area contributed by atoms with E-state index in [1.54, 1.807) is 6.07 Å². The van der Waals surface area contributed by atoms with Crippen molar-refractivity contribution in [2.75, 3.05) is 24.6 Å². The van der Waals surface area contributed by atoms with Gasteiger partial charge in [0.05, 0.1) is 11.4 Å². The van der Waals surface area contributed by atoms with Crippen molar-refractivity contribution < 1.29 is 4.74 Å². The van der Waals surface area contributed by atoms with Crippen molar-refractivity contribution in [2.24, 2.45) is 5.73 Å². The predicted molar refractivity (Wildman–Crippen MR) is 141 cm³/mol. The van der Waals surface area contributed by atoms with Gasteiger partial charge >= 0.3 is 0 Å². The summed E-state index contributed by atoms with van der Waals surface area (Å²) in [6.45, 7) is 6.36. The van der Waals surface area contributed by atoms with Gasteiger partial charge in [0.2, 0.25) is 0 Å². The molecule has 0 saturated carbocycles. The van der Waals surface area contributed by atoms with Crippen molar-refractivity contribution in [3.63, 3.8) is 0 Å². The molecule has 0 amide bonds. The Morgan fingerprint density at radius 2 is 1.91 bits per heavy atom. The second kappa shape index (κ2) is 10.3. The number of nitrogens with two attached hydrogens (primary N) is 1. The van der Waals surface area contributed by atoms with Gasteiger partial charge in [-0.25, -0.2) is 0 Å². The first-order valence-corrected chi connectivity index (χ1v) is 12.1. The quantitative estimate of drug-likeness (QED) is 0.411. The van der Waals surface area contributed by atoms with Crippen LogP contribution in [0.3, 0.4) is 0 Å². The second-order valence-electron chi connectivity index (χ2n) is 9.49. The molecule has 1 aliphatic rings. The lowest BCUT2D eigenvalue weighted by Crippen LogP contribution is -2.40. The molecule has 6 heteroatoms. The molecule has 1 aliphatic heterocycles. The summed E-state index contributed by atoms with van der Waals surface area (Å²) in [6.07, 6.45) is 8.68. The number of pyridine rings is 1. The Hall–Kier alpha value is -2.71. The average molecular weight is 494 g/mol. The van der Waals surface area contributed by atoms with Crippen LogP contribution in [-0.2, 0) is 18.3 Å². The Morgan fingerprint density at radius 3 is 2.62 bits per heavy atom. The fraction of sp³-hybridized carbons (Fsp3) is 0.321. The van der Waals surface area contributed by atoms with E-state index in [0.717, 1.165) is 47.8 Å². The van der Waals surface area contributed by atoms with E-state index in [1.807, 2.05) is 42.6 Å². The van der Waals surface area contributed by atoms with Gasteiger partial charge in [-0.15, -0.1) is 6.42 Å². The highest BCUT2D eigenvalue weighted by molar-refractivity contribution is 6.35. The highest BCUT2D eigenvalue weighted by atomic mass is 35.5. The van der Waals surface area contributed by atoms with E-state index < -0.39 is 0 Å². The fourth-order valence-corrected chi connectivity index (χ4v) is 5.01. The van der Waals surface area contributed by atoms with E-state index in [1.165, 1.54) is 5.56 Å². The zero-order valence-electron chi connectivity index (χ0n) is 19.5. The second-order valence-corrected chi connectivity index (χ2v) is 10.3. The van der Waals surface area contributed by atoms with Crippen molar-refractivity contribution >= 4 is 28.9 Å². The summed E-state index contributed by atoms with van der Waals surface area (Å²) in [5.41, 5.74) is 12.1. The normalized spacial score (nSPS) is 15.0. The standard InChI is InChI=1S/C28H29Cl2N3O/c1-4-11-34-24-9-5-19(6-10-24)13-23(31)17-33-18-28(2,3)27-26(33)14-20(16-32-27)12-21-7-8-22(29)15-25(21)30/h1,5-10,14-16,23H,11-13,17-18,31H2,2-3H3/t23-/m0/s1. The van der Waals surface area contributed by atoms with Gasteiger partial charge in [0.1, 0.15) is 12.4 Å². The lowest BCUT2D eigenvalue weighted by Gasteiger charge is -2.25. The minimum Gasteiger partial charge on any atom is -0.481 e. The lowest BCUT2D eigenvalue weighted by atomic mass is 9.91. The Balaban J connectivity index is 1.47. The minimum atomic E-state index is -0.0402. The van der Waals surface area contributed by atoms with Crippen molar-refractivity contribution in [3.8, 4) is 18.1 Å². The molecule has 4 nitrogen and oxygen atoms in total. The number of nitrogens with zero attached hydrogens (tertiary/aromatic N) is 2. The maximum Gasteiger partial charge on any atom is 0.148 e. The first-order valence-electron chi connectivity index (χ1n) is 11.3. The van der Waals surface area contributed by atoms with Crippen LogP contribution in [-0.4, -0.2) is 30.7 Å². The van der Waals surface area contributed by atoms with Crippen LogP contribution in [0, 0.1) is 12.3 Å². The molecule has 3 aromatic rings. The Kier molecular flexibility index (Phi) is 7.38. The molecule has 2 aromatic carbocycles. The molecule has 1 atom stereocenters. The Bertz CT molecular complexity index is 1200. The summed E-state index contributed by atoms with van der Waals surface area (Å²) in [7, 11) is 0. The maximum absolute atomic E-state index is 6.60. The zero-order valence-corrected chi connectivity index (χ0v) is 21.0. The predicted octanol–water partition coefficient (Wildman–Crippen LogP) is 5.66. The van der Waals surface area contributed by atoms with Crippen LogP contribution in [0.1, 0.15) is 36.2 Å². The van der Waals surface area contributed by atoms with Crippen molar-refractivity contribution in [1.29, 1.82) is 0 Å². The molecule has 34 heavy (non-hydrogen) atoms. The van der Waals surface area contributed by atoms with Gasteiger partial charge in [-0.2, -0.15) is 0 Å². The van der Waals surface area contributed by atoms with Gasteiger partial charge in [-0.05, 0) is 53.4 Å². The molecule has 4 rings (SSSR count). The van der Waals surface area contributed by atoms with E-state index >= 15 is 0 Å². The molecule has 0 fully saturated rings. The number of aromatic nitrogens is 1. The van der Waals surface area contributed by atoms with Gasteiger partial charge in [0, 0.05) is 47.2 Å². The summed E-state index contributed by atoms with van der Waals surface area (Å²) < 4.78 is 5.45. The van der Waals surface area contributed by atoms with Crippen molar-refractivity contribution in [3.05, 3.63) is 87.2 Å². The van der Waals surface area contributed by atoms with E-state index in [4.69, 9.17) is 45.1 Å². The first-order chi connectivity index (χ1) is 16.2. The highest BCUT2D eigenvalue weighted by Crippen LogP contribution is 2.40. The van der Waals surface area contributed by atoms with Gasteiger partial charge in [-0.1, -0.05) is 61.2 Å². The third kappa shape index (κ3) is 5.67.